The van der Waals surface area contributed by atoms with Gasteiger partial charge < -0.3 is 24.8 Å². The molecule has 1 saturated heterocycles. The molecule has 4 rings (SSSR count). The Morgan fingerprint density at radius 1 is 1.25 bits per heavy atom. The van der Waals surface area contributed by atoms with Gasteiger partial charge in [0.15, 0.2) is 17.5 Å². The Hall–Kier alpha value is -1.22. The molecule has 7 heteroatoms. The Labute approximate surface area is 184 Å². The monoisotopic (exact) mass is 501 g/mol. The van der Waals surface area contributed by atoms with Gasteiger partial charge in [0.25, 0.3) is 0 Å². The molecule has 1 aromatic carbocycles. The zero-order valence-corrected chi connectivity index (χ0v) is 19.3. The molecule has 2 aliphatic carbocycles. The van der Waals surface area contributed by atoms with Crippen LogP contribution >= 0.6 is 24.0 Å². The molecule has 2 N–H and O–H groups in total. The van der Waals surface area contributed by atoms with Crippen LogP contribution in [0.25, 0.3) is 0 Å². The molecule has 2 saturated carbocycles. The number of methoxy groups -OCH3 is 2. The van der Waals surface area contributed by atoms with Gasteiger partial charge in [-0.05, 0) is 43.9 Å². The number of hydrogen-bond donors (Lipinski definition) is 2. The Morgan fingerprint density at radius 2 is 2.04 bits per heavy atom. The van der Waals surface area contributed by atoms with Crippen molar-refractivity contribution in [1.29, 1.82) is 0 Å². The fourth-order valence-corrected chi connectivity index (χ4v) is 5.07. The number of nitrogens with zero attached hydrogens (tertiary/aromatic N) is 1. The summed E-state index contributed by atoms with van der Waals surface area (Å²) in [5, 5.41) is 7.15. The van der Waals surface area contributed by atoms with Crippen LogP contribution in [0.15, 0.2) is 23.2 Å². The summed E-state index contributed by atoms with van der Waals surface area (Å²) >= 11 is 0. The van der Waals surface area contributed by atoms with Crippen LogP contribution in [-0.4, -0.2) is 45.5 Å². The van der Waals surface area contributed by atoms with E-state index >= 15 is 0 Å². The Bertz CT molecular complexity index is 708. The van der Waals surface area contributed by atoms with Crippen LogP contribution in [0.2, 0.25) is 0 Å². The highest BCUT2D eigenvalue weighted by Crippen LogP contribution is 2.62. The van der Waals surface area contributed by atoms with Crippen LogP contribution in [0.5, 0.6) is 11.5 Å². The van der Waals surface area contributed by atoms with E-state index < -0.39 is 0 Å². The molecule has 1 aromatic rings. The van der Waals surface area contributed by atoms with Crippen LogP contribution in [0, 0.1) is 11.3 Å². The van der Waals surface area contributed by atoms with E-state index in [9.17, 15) is 0 Å². The highest BCUT2D eigenvalue weighted by molar-refractivity contribution is 14.0. The normalized spacial score (nSPS) is 27.1. The molecular formula is C21H32IN3O3. The quantitative estimate of drug-likeness (QED) is 0.356. The third-order valence-corrected chi connectivity index (χ3v) is 6.54. The lowest BCUT2D eigenvalue weighted by atomic mass is 9.46. The van der Waals surface area contributed by atoms with Crippen molar-refractivity contribution in [2.75, 3.05) is 27.4 Å². The van der Waals surface area contributed by atoms with Gasteiger partial charge in [-0.1, -0.05) is 12.5 Å². The molecule has 156 valence electrons. The average Bonchev–Trinajstić information content (AvgIpc) is 3.07. The molecule has 0 aromatic heterocycles. The average molecular weight is 501 g/mol. The van der Waals surface area contributed by atoms with Gasteiger partial charge >= 0.3 is 0 Å². The topological polar surface area (TPSA) is 64.1 Å². The van der Waals surface area contributed by atoms with Crippen molar-refractivity contribution >= 4 is 29.9 Å². The maximum atomic E-state index is 6.03. The summed E-state index contributed by atoms with van der Waals surface area (Å²) in [7, 11) is 3.31. The van der Waals surface area contributed by atoms with Crippen LogP contribution in [0.4, 0.5) is 0 Å². The summed E-state index contributed by atoms with van der Waals surface area (Å²) in [4.78, 5) is 4.83. The van der Waals surface area contributed by atoms with Crippen molar-refractivity contribution in [1.82, 2.24) is 10.6 Å². The molecule has 3 atom stereocenters. The van der Waals surface area contributed by atoms with Crippen LogP contribution in [0.3, 0.4) is 0 Å². The molecule has 0 amide bonds. The van der Waals surface area contributed by atoms with Crippen molar-refractivity contribution in [3.63, 3.8) is 0 Å². The number of aliphatic imine (C=N–C) groups is 1. The second kappa shape index (κ2) is 9.07. The number of halogens is 1. The second-order valence-electron chi connectivity index (χ2n) is 7.84. The summed E-state index contributed by atoms with van der Waals surface area (Å²) in [5.41, 5.74) is 1.44. The largest absolute Gasteiger partial charge is 0.493 e. The fraction of sp³-hybridized carbons (Fsp3) is 0.667. The Morgan fingerprint density at radius 3 is 2.68 bits per heavy atom. The van der Waals surface area contributed by atoms with E-state index in [0.717, 1.165) is 36.2 Å². The van der Waals surface area contributed by atoms with Crippen molar-refractivity contribution in [3.8, 4) is 11.5 Å². The number of nitrogens with one attached hydrogen (secondary N) is 2. The van der Waals surface area contributed by atoms with Gasteiger partial charge in [0, 0.05) is 30.5 Å². The Balaban J connectivity index is 0.00000225. The van der Waals surface area contributed by atoms with E-state index in [1.807, 2.05) is 18.2 Å². The maximum absolute atomic E-state index is 6.03. The molecule has 6 nitrogen and oxygen atoms in total. The van der Waals surface area contributed by atoms with E-state index in [1.165, 1.54) is 25.7 Å². The minimum atomic E-state index is 0. The lowest BCUT2D eigenvalue weighted by Crippen LogP contribution is -2.72. The van der Waals surface area contributed by atoms with Gasteiger partial charge in [0.05, 0.1) is 26.9 Å². The van der Waals surface area contributed by atoms with Gasteiger partial charge in [0.2, 0.25) is 0 Å². The fourth-order valence-electron chi connectivity index (χ4n) is 5.07. The van der Waals surface area contributed by atoms with Gasteiger partial charge in [-0.2, -0.15) is 0 Å². The molecule has 1 aliphatic heterocycles. The molecule has 3 aliphatic rings. The highest BCUT2D eigenvalue weighted by atomic mass is 127. The zero-order valence-electron chi connectivity index (χ0n) is 17.0. The predicted octanol–water partition coefficient (Wildman–Crippen LogP) is 3.33. The first-order chi connectivity index (χ1) is 13.2. The predicted molar refractivity (Wildman–Crippen MR) is 121 cm³/mol. The van der Waals surface area contributed by atoms with Gasteiger partial charge in [-0.3, -0.25) is 0 Å². The van der Waals surface area contributed by atoms with Crippen molar-refractivity contribution in [2.24, 2.45) is 16.3 Å². The third kappa shape index (κ3) is 3.67. The molecular weight excluding hydrogens is 469 g/mol. The first kappa shape index (κ1) is 21.5. The molecule has 1 heterocycles. The summed E-state index contributed by atoms with van der Waals surface area (Å²) in [6, 6.07) is 6.44. The molecule has 28 heavy (non-hydrogen) atoms. The lowest BCUT2D eigenvalue weighted by Gasteiger charge is -2.63. The molecule has 3 unspecified atom stereocenters. The molecule has 3 fully saturated rings. The SMILES string of the molecule is CCNC(=NCc1ccc(OC)c(OC)c1)NC1C2CCOC2C12CCC2.I. The lowest BCUT2D eigenvalue weighted by molar-refractivity contribution is -0.171. The summed E-state index contributed by atoms with van der Waals surface area (Å²) in [6.07, 6.45) is 5.52. The summed E-state index contributed by atoms with van der Waals surface area (Å²) < 4.78 is 16.7. The highest BCUT2D eigenvalue weighted by Gasteiger charge is 2.66. The standard InChI is InChI=1S/C21H31N3O3.HI/c1-4-22-20(23-13-14-6-7-16(25-2)17(12-14)26-3)24-18-15-8-11-27-19(15)21(18)9-5-10-21;/h6-7,12,15,18-19H,4-5,8-11,13H2,1-3H3,(H2,22,23,24);1H. The van der Waals surface area contributed by atoms with Crippen LogP contribution in [0.1, 0.15) is 38.2 Å². The van der Waals surface area contributed by atoms with Gasteiger partial charge in [-0.15, -0.1) is 24.0 Å². The number of benzene rings is 1. The van der Waals surface area contributed by atoms with Crippen molar-refractivity contribution in [2.45, 2.75) is 51.3 Å². The Kier molecular flexibility index (Phi) is 6.96. The summed E-state index contributed by atoms with van der Waals surface area (Å²) in [6.45, 7) is 4.46. The van der Waals surface area contributed by atoms with Gasteiger partial charge in [0.1, 0.15) is 0 Å². The number of fused-ring (bicyclic) bond motifs is 2. The van der Waals surface area contributed by atoms with Crippen LogP contribution in [-0.2, 0) is 11.3 Å². The van der Waals surface area contributed by atoms with Crippen molar-refractivity contribution in [3.05, 3.63) is 23.8 Å². The van der Waals surface area contributed by atoms with Gasteiger partial charge in [-0.25, -0.2) is 4.99 Å². The summed E-state index contributed by atoms with van der Waals surface area (Å²) in [5.74, 6) is 3.01. The molecule has 0 bridgehead atoms. The first-order valence-corrected chi connectivity index (χ1v) is 10.1. The number of hydrogen-bond acceptors (Lipinski definition) is 4. The zero-order chi connectivity index (χ0) is 18.9. The first-order valence-electron chi connectivity index (χ1n) is 10.1. The third-order valence-electron chi connectivity index (χ3n) is 6.54. The minimum absolute atomic E-state index is 0. The molecule has 0 radical (unpaired) electrons. The van der Waals surface area contributed by atoms with E-state index in [-0.39, 0.29) is 24.0 Å². The number of guanidine groups is 1. The molecule has 1 spiro atoms. The van der Waals surface area contributed by atoms with E-state index in [2.05, 4.69) is 17.6 Å². The number of ether oxygens (including phenoxy) is 3. The van der Waals surface area contributed by atoms with E-state index in [1.54, 1.807) is 14.2 Å². The second-order valence-corrected chi connectivity index (χ2v) is 7.84. The minimum Gasteiger partial charge on any atom is -0.493 e. The van der Waals surface area contributed by atoms with E-state index in [0.29, 0.717) is 30.0 Å². The smallest absolute Gasteiger partial charge is 0.191 e. The van der Waals surface area contributed by atoms with Crippen LogP contribution < -0.4 is 20.1 Å². The van der Waals surface area contributed by atoms with E-state index in [4.69, 9.17) is 19.2 Å². The number of rotatable bonds is 6. The maximum Gasteiger partial charge on any atom is 0.191 e. The van der Waals surface area contributed by atoms with Crippen molar-refractivity contribution < 1.29 is 14.2 Å².